The van der Waals surface area contributed by atoms with E-state index >= 15 is 0 Å². The molecular weight excluding hydrogens is 354 g/mol. The fourth-order valence-electron chi connectivity index (χ4n) is 2.02. The average Bonchev–Trinajstić information content (AvgIpc) is 2.59. The van der Waals surface area contributed by atoms with E-state index in [2.05, 4.69) is 28.6 Å². The summed E-state index contributed by atoms with van der Waals surface area (Å²) in [4.78, 5) is 0. The Bertz CT molecular complexity index is 758. The zero-order valence-corrected chi connectivity index (χ0v) is 14.3. The van der Waals surface area contributed by atoms with Crippen molar-refractivity contribution in [3.05, 3.63) is 70.7 Å². The number of nitrogens with zero attached hydrogens (tertiary/aromatic N) is 1. The largest absolute Gasteiger partial charge is 0.497 e. The van der Waals surface area contributed by atoms with Crippen LogP contribution in [0.1, 0.15) is 11.1 Å². The van der Waals surface area contributed by atoms with Crippen molar-refractivity contribution in [1.29, 1.82) is 5.26 Å². The van der Waals surface area contributed by atoms with E-state index < -0.39 is 0 Å². The van der Waals surface area contributed by atoms with Crippen LogP contribution in [-0.4, -0.2) is 13.7 Å². The van der Waals surface area contributed by atoms with Crippen LogP contribution in [0.5, 0.6) is 11.5 Å². The third-order valence-electron chi connectivity index (χ3n) is 3.15. The summed E-state index contributed by atoms with van der Waals surface area (Å²) in [6.45, 7) is 4.06. The fraction of sp³-hybridized carbons (Fsp3) is 0.105. The second-order valence-corrected chi connectivity index (χ2v) is 5.60. The van der Waals surface area contributed by atoms with Gasteiger partial charge in [0, 0.05) is 10.0 Å². The minimum absolute atomic E-state index is 0.410. The lowest BCUT2D eigenvalue weighted by Crippen LogP contribution is -1.95. The Morgan fingerprint density at radius 2 is 2.00 bits per heavy atom. The highest BCUT2D eigenvalue weighted by molar-refractivity contribution is 9.10. The summed E-state index contributed by atoms with van der Waals surface area (Å²) in [5, 5.41) is 9.49. The van der Waals surface area contributed by atoms with Gasteiger partial charge in [-0.05, 0) is 54.1 Å². The number of rotatable bonds is 6. The second kappa shape index (κ2) is 8.21. The predicted octanol–water partition coefficient (Wildman–Crippen LogP) is 5.09. The van der Waals surface area contributed by atoms with Gasteiger partial charge in [0.2, 0.25) is 0 Å². The molecule has 0 aromatic heterocycles. The van der Waals surface area contributed by atoms with Gasteiger partial charge >= 0.3 is 0 Å². The van der Waals surface area contributed by atoms with Crippen molar-refractivity contribution in [2.24, 2.45) is 0 Å². The van der Waals surface area contributed by atoms with E-state index in [4.69, 9.17) is 9.47 Å². The molecule has 0 fully saturated rings. The monoisotopic (exact) mass is 369 g/mol. The number of benzene rings is 2. The van der Waals surface area contributed by atoms with E-state index in [1.807, 2.05) is 48.5 Å². The van der Waals surface area contributed by atoms with Gasteiger partial charge in [0.25, 0.3) is 0 Å². The first-order valence-corrected chi connectivity index (χ1v) is 7.76. The lowest BCUT2D eigenvalue weighted by Gasteiger charge is -2.09. The summed E-state index contributed by atoms with van der Waals surface area (Å²) in [6, 6.07) is 15.3. The predicted molar refractivity (Wildman–Crippen MR) is 96.3 cm³/mol. The van der Waals surface area contributed by atoms with Crippen LogP contribution in [0.4, 0.5) is 0 Å². The van der Waals surface area contributed by atoms with Crippen molar-refractivity contribution in [2.75, 3.05) is 13.7 Å². The molecule has 116 valence electrons. The number of nitriles is 1. The molecule has 23 heavy (non-hydrogen) atoms. The number of ether oxygens (including phenoxy) is 2. The van der Waals surface area contributed by atoms with Crippen molar-refractivity contribution >= 4 is 27.6 Å². The number of halogens is 1. The van der Waals surface area contributed by atoms with Crippen molar-refractivity contribution in [3.8, 4) is 17.6 Å². The molecule has 0 atom stereocenters. The topological polar surface area (TPSA) is 42.2 Å². The van der Waals surface area contributed by atoms with Crippen LogP contribution in [0.25, 0.3) is 11.6 Å². The number of hydrogen-bond donors (Lipinski definition) is 0. The van der Waals surface area contributed by atoms with Crippen LogP contribution in [0.15, 0.2) is 59.6 Å². The summed E-state index contributed by atoms with van der Waals surface area (Å²) in [5.74, 6) is 1.46. The molecule has 0 unspecified atom stereocenters. The summed E-state index contributed by atoms with van der Waals surface area (Å²) in [7, 11) is 1.61. The SMILES string of the molecule is C=CCOc1ccc(Br)cc1/C=C(\C#N)c1ccc(OC)cc1. The Kier molecular flexibility index (Phi) is 6.02. The molecule has 0 spiro atoms. The van der Waals surface area contributed by atoms with Gasteiger partial charge in [-0.25, -0.2) is 0 Å². The molecule has 0 heterocycles. The first-order valence-electron chi connectivity index (χ1n) is 6.97. The maximum atomic E-state index is 9.49. The van der Waals surface area contributed by atoms with Gasteiger partial charge in [0.05, 0.1) is 18.8 Å². The summed E-state index contributed by atoms with van der Waals surface area (Å²) in [6.07, 6.45) is 3.50. The van der Waals surface area contributed by atoms with Crippen LogP contribution < -0.4 is 9.47 Å². The molecule has 0 saturated heterocycles. The Morgan fingerprint density at radius 3 is 2.61 bits per heavy atom. The zero-order valence-electron chi connectivity index (χ0n) is 12.8. The second-order valence-electron chi connectivity index (χ2n) is 4.68. The first-order chi connectivity index (χ1) is 11.2. The van der Waals surface area contributed by atoms with Crippen LogP contribution in [0, 0.1) is 11.3 Å². The van der Waals surface area contributed by atoms with Crippen LogP contribution in [0.3, 0.4) is 0 Å². The highest BCUT2D eigenvalue weighted by Crippen LogP contribution is 2.28. The highest BCUT2D eigenvalue weighted by Gasteiger charge is 2.06. The van der Waals surface area contributed by atoms with E-state index in [1.165, 1.54) is 0 Å². The molecule has 0 bridgehead atoms. The average molecular weight is 370 g/mol. The minimum Gasteiger partial charge on any atom is -0.497 e. The zero-order chi connectivity index (χ0) is 16.7. The van der Waals surface area contributed by atoms with Crippen molar-refractivity contribution in [3.63, 3.8) is 0 Å². The van der Waals surface area contributed by atoms with Crippen LogP contribution in [0.2, 0.25) is 0 Å². The maximum Gasteiger partial charge on any atom is 0.127 e. The van der Waals surface area contributed by atoms with Crippen molar-refractivity contribution in [2.45, 2.75) is 0 Å². The van der Waals surface area contributed by atoms with Gasteiger partial charge in [-0.3, -0.25) is 0 Å². The standard InChI is InChI=1S/C19H16BrNO2/c1-3-10-23-19-9-6-17(20)12-15(19)11-16(13-21)14-4-7-18(22-2)8-5-14/h3-9,11-12H,1,10H2,2H3/b16-11+. The normalized spacial score (nSPS) is 10.7. The quantitative estimate of drug-likeness (QED) is 0.404. The Morgan fingerprint density at radius 1 is 1.26 bits per heavy atom. The Labute approximate surface area is 144 Å². The Hall–Kier alpha value is -2.51. The third kappa shape index (κ3) is 4.48. The molecule has 0 amide bonds. The number of allylic oxidation sites excluding steroid dienone is 1. The van der Waals surface area contributed by atoms with E-state index in [9.17, 15) is 5.26 Å². The van der Waals surface area contributed by atoms with E-state index in [0.717, 1.165) is 21.3 Å². The molecule has 2 aromatic carbocycles. The van der Waals surface area contributed by atoms with Crippen molar-refractivity contribution < 1.29 is 9.47 Å². The smallest absolute Gasteiger partial charge is 0.127 e. The van der Waals surface area contributed by atoms with Gasteiger partial charge in [0.15, 0.2) is 0 Å². The van der Waals surface area contributed by atoms with E-state index in [-0.39, 0.29) is 0 Å². The molecule has 0 saturated carbocycles. The van der Waals surface area contributed by atoms with Gasteiger partial charge in [-0.15, -0.1) is 0 Å². The Balaban J connectivity index is 2.42. The fourth-order valence-corrected chi connectivity index (χ4v) is 2.40. The molecular formula is C19H16BrNO2. The van der Waals surface area contributed by atoms with Crippen LogP contribution >= 0.6 is 15.9 Å². The maximum absolute atomic E-state index is 9.49. The van der Waals surface area contributed by atoms with Gasteiger partial charge in [0.1, 0.15) is 18.1 Å². The number of hydrogen-bond acceptors (Lipinski definition) is 3. The molecule has 2 rings (SSSR count). The van der Waals surface area contributed by atoms with Gasteiger partial charge in [-0.2, -0.15) is 5.26 Å². The molecule has 0 N–H and O–H groups in total. The summed E-state index contributed by atoms with van der Waals surface area (Å²) >= 11 is 3.45. The summed E-state index contributed by atoms with van der Waals surface area (Å²) in [5.41, 5.74) is 2.20. The molecule has 0 aliphatic rings. The van der Waals surface area contributed by atoms with Gasteiger partial charge < -0.3 is 9.47 Å². The molecule has 4 heteroatoms. The molecule has 0 aliphatic carbocycles. The van der Waals surface area contributed by atoms with E-state index in [0.29, 0.717) is 17.9 Å². The van der Waals surface area contributed by atoms with Crippen molar-refractivity contribution in [1.82, 2.24) is 0 Å². The lowest BCUT2D eigenvalue weighted by molar-refractivity contribution is 0.362. The van der Waals surface area contributed by atoms with Crippen LogP contribution in [-0.2, 0) is 0 Å². The first kappa shape index (κ1) is 16.9. The molecule has 0 aliphatic heterocycles. The lowest BCUT2D eigenvalue weighted by atomic mass is 10.0. The molecule has 2 aromatic rings. The van der Waals surface area contributed by atoms with Gasteiger partial charge in [-0.1, -0.05) is 28.6 Å². The number of methoxy groups -OCH3 is 1. The summed E-state index contributed by atoms with van der Waals surface area (Å²) < 4.78 is 11.7. The minimum atomic E-state index is 0.410. The third-order valence-corrected chi connectivity index (χ3v) is 3.64. The van der Waals surface area contributed by atoms with E-state index in [1.54, 1.807) is 13.2 Å². The highest BCUT2D eigenvalue weighted by atomic mass is 79.9. The molecule has 0 radical (unpaired) electrons. The molecule has 3 nitrogen and oxygen atoms in total.